The Hall–Kier alpha value is -2.58. The van der Waals surface area contributed by atoms with Crippen molar-refractivity contribution in [3.05, 3.63) is 52.7 Å². The quantitative estimate of drug-likeness (QED) is 0.545. The molecule has 1 saturated heterocycles. The first kappa shape index (κ1) is 16.6. The Bertz CT molecular complexity index is 1040. The first-order valence-electron chi connectivity index (χ1n) is 9.21. The highest BCUT2D eigenvalue weighted by atomic mass is 32.1. The lowest BCUT2D eigenvalue weighted by Crippen LogP contribution is -2.33. The van der Waals surface area contributed by atoms with E-state index >= 15 is 0 Å². The number of thiophene rings is 1. The molecule has 1 aliphatic heterocycles. The van der Waals surface area contributed by atoms with Crippen molar-refractivity contribution < 1.29 is 0 Å². The van der Waals surface area contributed by atoms with Gasteiger partial charge in [0.25, 0.3) is 0 Å². The van der Waals surface area contributed by atoms with Crippen LogP contribution in [0.5, 0.6) is 0 Å². The molecule has 5 heterocycles. The van der Waals surface area contributed by atoms with E-state index in [1.54, 1.807) is 16.0 Å². The van der Waals surface area contributed by atoms with E-state index in [2.05, 4.69) is 37.0 Å². The van der Waals surface area contributed by atoms with Gasteiger partial charge in [0, 0.05) is 31.3 Å². The van der Waals surface area contributed by atoms with Gasteiger partial charge in [-0.2, -0.15) is 26.0 Å². The van der Waals surface area contributed by atoms with Gasteiger partial charge in [-0.3, -0.25) is 9.58 Å². The average Bonchev–Trinajstić information content (AvgIpc) is 3.43. The maximum absolute atomic E-state index is 4.80. The van der Waals surface area contributed by atoms with Crippen molar-refractivity contribution in [2.45, 2.75) is 25.3 Å². The number of hydrogen-bond acceptors (Lipinski definition) is 6. The number of nitrogens with zero attached hydrogens (tertiary/aromatic N) is 7. The number of aryl methyl sites for hydroxylation is 1. The summed E-state index contributed by atoms with van der Waals surface area (Å²) in [6.07, 6.45) is 5.98. The first-order valence-corrected chi connectivity index (χ1v) is 10.2. The summed E-state index contributed by atoms with van der Waals surface area (Å²) in [6, 6.07) is 6.18. The fourth-order valence-electron chi connectivity index (χ4n) is 3.76. The molecule has 0 radical (unpaired) electrons. The Morgan fingerprint density at radius 3 is 2.78 bits per heavy atom. The maximum Gasteiger partial charge on any atom is 0.177 e. The molecular formula is C19H21N7S. The summed E-state index contributed by atoms with van der Waals surface area (Å²) in [5, 5.41) is 22.2. The molecular weight excluding hydrogens is 358 g/mol. The van der Waals surface area contributed by atoms with Crippen LogP contribution in [-0.4, -0.2) is 47.6 Å². The topological polar surface area (TPSA) is 64.1 Å². The number of aromatic nitrogens is 6. The summed E-state index contributed by atoms with van der Waals surface area (Å²) < 4.78 is 3.71. The Morgan fingerprint density at radius 1 is 1.15 bits per heavy atom. The monoisotopic (exact) mass is 379 g/mol. The summed E-state index contributed by atoms with van der Waals surface area (Å²) in [5.74, 6) is 1.38. The van der Waals surface area contributed by atoms with Crippen molar-refractivity contribution in [1.82, 2.24) is 34.5 Å². The molecule has 27 heavy (non-hydrogen) atoms. The molecule has 0 aromatic carbocycles. The largest absolute Gasteiger partial charge is 0.299 e. The third-order valence-corrected chi connectivity index (χ3v) is 5.96. The van der Waals surface area contributed by atoms with E-state index in [1.807, 2.05) is 36.1 Å². The van der Waals surface area contributed by atoms with E-state index in [9.17, 15) is 0 Å². The van der Waals surface area contributed by atoms with Crippen LogP contribution in [-0.2, 0) is 13.6 Å². The standard InChI is InChI=1S/C19H21N7S/c1-24-12-16(10-20-24)17-2-3-18-21-22-19(26(18)23-17)15-4-7-25(8-5-15)11-14-6-9-27-13-14/h2-3,6,9-10,12-13,15H,4-5,7-8,11H2,1H3. The van der Waals surface area contributed by atoms with Gasteiger partial charge in [-0.05, 0) is 60.5 Å². The highest BCUT2D eigenvalue weighted by Gasteiger charge is 2.25. The first-order chi connectivity index (χ1) is 13.3. The van der Waals surface area contributed by atoms with Crippen molar-refractivity contribution in [2.24, 2.45) is 7.05 Å². The zero-order valence-electron chi connectivity index (χ0n) is 15.2. The van der Waals surface area contributed by atoms with Gasteiger partial charge in [0.15, 0.2) is 11.5 Å². The van der Waals surface area contributed by atoms with Gasteiger partial charge in [0.2, 0.25) is 0 Å². The third kappa shape index (κ3) is 3.26. The minimum atomic E-state index is 0.398. The highest BCUT2D eigenvalue weighted by Crippen LogP contribution is 2.28. The second-order valence-corrected chi connectivity index (χ2v) is 7.91. The van der Waals surface area contributed by atoms with Gasteiger partial charge in [-0.15, -0.1) is 10.2 Å². The van der Waals surface area contributed by atoms with Gasteiger partial charge in [-0.1, -0.05) is 0 Å². The third-order valence-electron chi connectivity index (χ3n) is 5.23. The minimum Gasteiger partial charge on any atom is -0.299 e. The molecule has 4 aromatic heterocycles. The highest BCUT2D eigenvalue weighted by molar-refractivity contribution is 7.07. The fraction of sp³-hybridized carbons (Fsp3) is 0.368. The van der Waals surface area contributed by atoms with Crippen molar-refractivity contribution in [1.29, 1.82) is 0 Å². The van der Waals surface area contributed by atoms with Crippen LogP contribution < -0.4 is 0 Å². The van der Waals surface area contributed by atoms with Gasteiger partial charge in [0.05, 0.1) is 11.9 Å². The van der Waals surface area contributed by atoms with Crippen LogP contribution in [0.3, 0.4) is 0 Å². The van der Waals surface area contributed by atoms with Gasteiger partial charge in [-0.25, -0.2) is 0 Å². The summed E-state index contributed by atoms with van der Waals surface area (Å²) in [5.41, 5.74) is 4.11. The normalized spacial score (nSPS) is 16.3. The van der Waals surface area contributed by atoms with Gasteiger partial charge >= 0.3 is 0 Å². The molecule has 4 aromatic rings. The maximum atomic E-state index is 4.80. The predicted molar refractivity (Wildman–Crippen MR) is 105 cm³/mol. The summed E-state index contributed by atoms with van der Waals surface area (Å²) in [6.45, 7) is 3.20. The molecule has 138 valence electrons. The van der Waals surface area contributed by atoms with Crippen LogP contribution in [0.4, 0.5) is 0 Å². The van der Waals surface area contributed by atoms with E-state index in [1.165, 1.54) is 5.56 Å². The molecule has 0 saturated carbocycles. The molecule has 8 heteroatoms. The number of rotatable bonds is 4. The lowest BCUT2D eigenvalue weighted by Gasteiger charge is -2.30. The van der Waals surface area contributed by atoms with E-state index in [0.29, 0.717) is 5.92 Å². The van der Waals surface area contributed by atoms with Crippen LogP contribution in [0.25, 0.3) is 16.9 Å². The predicted octanol–water partition coefficient (Wildman–Crippen LogP) is 2.97. The number of hydrogen-bond donors (Lipinski definition) is 0. The van der Waals surface area contributed by atoms with Gasteiger partial charge < -0.3 is 0 Å². The number of piperidine rings is 1. The lowest BCUT2D eigenvalue weighted by molar-refractivity contribution is 0.201. The van der Waals surface area contributed by atoms with Crippen molar-refractivity contribution in [2.75, 3.05) is 13.1 Å². The average molecular weight is 379 g/mol. The number of fused-ring (bicyclic) bond motifs is 1. The molecule has 0 unspecified atom stereocenters. The summed E-state index contributed by atoms with van der Waals surface area (Å²) in [4.78, 5) is 2.52. The van der Waals surface area contributed by atoms with Crippen molar-refractivity contribution in [3.8, 4) is 11.3 Å². The Kier molecular flexibility index (Phi) is 4.21. The van der Waals surface area contributed by atoms with E-state index in [0.717, 1.165) is 55.2 Å². The molecule has 1 aliphatic rings. The molecule has 5 rings (SSSR count). The Labute approximate surface area is 161 Å². The second kappa shape index (κ2) is 6.86. The second-order valence-electron chi connectivity index (χ2n) is 7.13. The Balaban J connectivity index is 1.36. The molecule has 0 N–H and O–H groups in total. The molecule has 0 amide bonds. The molecule has 0 aliphatic carbocycles. The van der Waals surface area contributed by atoms with Crippen LogP contribution in [0.15, 0.2) is 41.4 Å². The molecule has 0 spiro atoms. The lowest BCUT2D eigenvalue weighted by atomic mass is 9.96. The van der Waals surface area contributed by atoms with Crippen molar-refractivity contribution >= 4 is 17.0 Å². The van der Waals surface area contributed by atoms with E-state index < -0.39 is 0 Å². The summed E-state index contributed by atoms with van der Waals surface area (Å²) >= 11 is 1.77. The molecule has 0 atom stereocenters. The zero-order chi connectivity index (χ0) is 18.2. The van der Waals surface area contributed by atoms with Gasteiger partial charge in [0.1, 0.15) is 0 Å². The zero-order valence-corrected chi connectivity index (χ0v) is 16.0. The van der Waals surface area contributed by atoms with Crippen LogP contribution >= 0.6 is 11.3 Å². The minimum absolute atomic E-state index is 0.398. The summed E-state index contributed by atoms with van der Waals surface area (Å²) in [7, 11) is 1.91. The van der Waals surface area contributed by atoms with Crippen LogP contribution in [0.2, 0.25) is 0 Å². The number of likely N-dealkylation sites (tertiary alicyclic amines) is 1. The van der Waals surface area contributed by atoms with Crippen LogP contribution in [0, 0.1) is 0 Å². The molecule has 1 fully saturated rings. The van der Waals surface area contributed by atoms with Crippen molar-refractivity contribution in [3.63, 3.8) is 0 Å². The van der Waals surface area contributed by atoms with Crippen LogP contribution in [0.1, 0.15) is 30.1 Å². The SMILES string of the molecule is Cn1cc(-c2ccc3nnc(C4CCN(Cc5ccsc5)CC4)n3n2)cn1. The molecule has 0 bridgehead atoms. The van der Waals surface area contributed by atoms with E-state index in [-0.39, 0.29) is 0 Å². The van der Waals surface area contributed by atoms with E-state index in [4.69, 9.17) is 5.10 Å². The fourth-order valence-corrected chi connectivity index (χ4v) is 4.42. The molecule has 7 nitrogen and oxygen atoms in total. The smallest absolute Gasteiger partial charge is 0.177 e. The Morgan fingerprint density at radius 2 is 2.04 bits per heavy atom.